The largest absolute Gasteiger partial charge is 0.497 e. The van der Waals surface area contributed by atoms with E-state index in [1.165, 1.54) is 4.90 Å². The van der Waals surface area contributed by atoms with Crippen LogP contribution in [0.5, 0.6) is 5.75 Å². The first-order valence-electron chi connectivity index (χ1n) is 10.3. The average Bonchev–Trinajstić information content (AvgIpc) is 3.49. The molecule has 0 saturated heterocycles. The molecule has 1 N–H and O–H groups in total. The highest BCUT2D eigenvalue weighted by Gasteiger charge is 2.41. The molecule has 0 bridgehead atoms. The van der Waals surface area contributed by atoms with Gasteiger partial charge in [0.25, 0.3) is 0 Å². The van der Waals surface area contributed by atoms with E-state index in [-0.39, 0.29) is 18.5 Å². The molecule has 2 aliphatic rings. The summed E-state index contributed by atoms with van der Waals surface area (Å²) in [6.45, 7) is 1.26. The molecular weight excluding hydrogens is 408 g/mol. The minimum Gasteiger partial charge on any atom is -0.497 e. The van der Waals surface area contributed by atoms with Crippen molar-refractivity contribution in [2.75, 3.05) is 31.6 Å². The van der Waals surface area contributed by atoms with Crippen molar-refractivity contribution < 1.29 is 14.3 Å². The third-order valence-corrected chi connectivity index (χ3v) is 5.49. The third-order valence-electron chi connectivity index (χ3n) is 5.49. The highest BCUT2D eigenvalue weighted by atomic mass is 16.5. The second-order valence-electron chi connectivity index (χ2n) is 7.48. The number of nitrogens with zero attached hydrogens (tertiary/aromatic N) is 5. The van der Waals surface area contributed by atoms with E-state index in [9.17, 15) is 9.59 Å². The standard InChI is InChI=1S/C23H22N6O3/c1-32-18-9-7-16(8-10-18)13-25-20(30)15-28-22-19(21-24-11-12-27(21)23(28)31)14-26-29(22)17-5-3-2-4-6-17/h2-10,14H,11-13,15H2,1H3,(H,25,30). The molecule has 0 radical (unpaired) electrons. The number of carbonyl (C=O) groups excluding carboxylic acids is 2. The summed E-state index contributed by atoms with van der Waals surface area (Å²) in [7, 11) is 1.61. The van der Waals surface area contributed by atoms with Gasteiger partial charge in [-0.2, -0.15) is 5.10 Å². The van der Waals surface area contributed by atoms with Crippen molar-refractivity contribution in [3.8, 4) is 11.4 Å². The monoisotopic (exact) mass is 430 g/mol. The molecule has 0 atom stereocenters. The van der Waals surface area contributed by atoms with E-state index in [1.54, 1.807) is 22.9 Å². The number of aliphatic imine (C=N–C) groups is 1. The van der Waals surface area contributed by atoms with Gasteiger partial charge in [0.05, 0.1) is 31.1 Å². The minimum absolute atomic E-state index is 0.121. The molecule has 0 fully saturated rings. The van der Waals surface area contributed by atoms with Crippen molar-refractivity contribution in [2.24, 2.45) is 4.99 Å². The van der Waals surface area contributed by atoms with E-state index in [4.69, 9.17) is 4.74 Å². The molecule has 0 spiro atoms. The molecule has 2 aromatic carbocycles. The van der Waals surface area contributed by atoms with Gasteiger partial charge in [0.2, 0.25) is 5.91 Å². The highest BCUT2D eigenvalue weighted by Crippen LogP contribution is 2.32. The average molecular weight is 430 g/mol. The van der Waals surface area contributed by atoms with Crippen molar-refractivity contribution >= 4 is 23.6 Å². The molecule has 3 heterocycles. The fourth-order valence-electron chi connectivity index (χ4n) is 3.90. The summed E-state index contributed by atoms with van der Waals surface area (Å²) in [6.07, 6.45) is 1.70. The van der Waals surface area contributed by atoms with Gasteiger partial charge in [-0.3, -0.25) is 19.6 Å². The van der Waals surface area contributed by atoms with Crippen molar-refractivity contribution in [1.29, 1.82) is 0 Å². The van der Waals surface area contributed by atoms with E-state index >= 15 is 0 Å². The topological polar surface area (TPSA) is 92.1 Å². The lowest BCUT2D eigenvalue weighted by atomic mass is 10.2. The number of benzene rings is 2. The Kier molecular flexibility index (Phi) is 5.06. The molecule has 9 heteroatoms. The first kappa shape index (κ1) is 19.8. The number of aromatic nitrogens is 2. The van der Waals surface area contributed by atoms with E-state index < -0.39 is 0 Å². The zero-order chi connectivity index (χ0) is 22.1. The Morgan fingerprint density at radius 1 is 1.12 bits per heavy atom. The van der Waals surface area contributed by atoms with Crippen LogP contribution in [0.1, 0.15) is 11.1 Å². The Hall–Kier alpha value is -4.14. The van der Waals surface area contributed by atoms with Gasteiger partial charge >= 0.3 is 6.03 Å². The molecule has 0 saturated carbocycles. The van der Waals surface area contributed by atoms with Crippen molar-refractivity contribution in [2.45, 2.75) is 6.54 Å². The van der Waals surface area contributed by atoms with Crippen molar-refractivity contribution in [1.82, 2.24) is 20.0 Å². The molecule has 2 aliphatic heterocycles. The first-order chi connectivity index (χ1) is 15.7. The van der Waals surface area contributed by atoms with Crippen LogP contribution in [0.3, 0.4) is 0 Å². The molecule has 9 nitrogen and oxygen atoms in total. The number of methoxy groups -OCH3 is 1. The molecule has 0 unspecified atom stereocenters. The Morgan fingerprint density at radius 3 is 2.66 bits per heavy atom. The summed E-state index contributed by atoms with van der Waals surface area (Å²) in [4.78, 5) is 33.7. The summed E-state index contributed by atoms with van der Waals surface area (Å²) in [6, 6.07) is 16.7. The van der Waals surface area contributed by atoms with Crippen LogP contribution < -0.4 is 15.0 Å². The second-order valence-corrected chi connectivity index (χ2v) is 7.48. The quantitative estimate of drug-likeness (QED) is 0.649. The number of ether oxygens (including phenoxy) is 1. The lowest BCUT2D eigenvalue weighted by molar-refractivity contribution is -0.119. The molecule has 32 heavy (non-hydrogen) atoms. The van der Waals surface area contributed by atoms with Crippen LogP contribution in [-0.2, 0) is 11.3 Å². The van der Waals surface area contributed by atoms with Crippen LogP contribution in [0.4, 0.5) is 10.6 Å². The number of hydrogen-bond acceptors (Lipinski definition) is 5. The maximum absolute atomic E-state index is 13.3. The predicted octanol–water partition coefficient (Wildman–Crippen LogP) is 2.20. The number of carbonyl (C=O) groups is 2. The number of para-hydroxylation sites is 1. The molecule has 3 aromatic rings. The van der Waals surface area contributed by atoms with Crippen molar-refractivity contribution in [3.63, 3.8) is 0 Å². The number of amides is 3. The van der Waals surface area contributed by atoms with Crippen LogP contribution in [-0.4, -0.2) is 59.2 Å². The number of hydrogen-bond donors (Lipinski definition) is 1. The molecule has 1 aromatic heterocycles. The number of urea groups is 1. The van der Waals surface area contributed by atoms with Crippen LogP contribution in [0.15, 0.2) is 65.8 Å². The van der Waals surface area contributed by atoms with Gasteiger partial charge in [-0.15, -0.1) is 0 Å². The Morgan fingerprint density at radius 2 is 1.91 bits per heavy atom. The Labute approximate surface area is 184 Å². The zero-order valence-electron chi connectivity index (χ0n) is 17.6. The third kappa shape index (κ3) is 3.47. The number of rotatable bonds is 6. The maximum Gasteiger partial charge on any atom is 0.331 e. The zero-order valence-corrected chi connectivity index (χ0v) is 17.6. The molecule has 3 amide bonds. The SMILES string of the molecule is COc1ccc(CNC(=O)CN2C(=O)N3CCN=C3c3cnn(-c4ccccc4)c32)cc1. The van der Waals surface area contributed by atoms with Gasteiger partial charge in [0, 0.05) is 13.1 Å². The summed E-state index contributed by atoms with van der Waals surface area (Å²) >= 11 is 0. The summed E-state index contributed by atoms with van der Waals surface area (Å²) in [5.41, 5.74) is 2.49. The van der Waals surface area contributed by atoms with E-state index in [0.29, 0.717) is 31.3 Å². The highest BCUT2D eigenvalue weighted by molar-refractivity contribution is 6.20. The van der Waals surface area contributed by atoms with Gasteiger partial charge < -0.3 is 10.1 Å². The second kappa shape index (κ2) is 8.18. The normalized spacial score (nSPS) is 14.7. The maximum atomic E-state index is 13.3. The lowest BCUT2D eigenvalue weighted by Gasteiger charge is -2.33. The van der Waals surface area contributed by atoms with Gasteiger partial charge in [0.1, 0.15) is 18.1 Å². The summed E-state index contributed by atoms with van der Waals surface area (Å²) in [5, 5.41) is 7.40. The summed E-state index contributed by atoms with van der Waals surface area (Å²) in [5.74, 6) is 1.66. The van der Waals surface area contributed by atoms with E-state index in [0.717, 1.165) is 22.6 Å². The number of anilines is 1. The fourth-order valence-corrected chi connectivity index (χ4v) is 3.90. The number of nitrogens with one attached hydrogen (secondary N) is 1. The van der Waals surface area contributed by atoms with Gasteiger partial charge in [-0.1, -0.05) is 30.3 Å². The van der Waals surface area contributed by atoms with Crippen molar-refractivity contribution in [3.05, 3.63) is 71.9 Å². The molecule has 0 aliphatic carbocycles. The van der Waals surface area contributed by atoms with E-state index in [1.807, 2.05) is 54.6 Å². The number of amidine groups is 1. The Balaban J connectivity index is 1.40. The van der Waals surface area contributed by atoms with Crippen LogP contribution >= 0.6 is 0 Å². The van der Waals surface area contributed by atoms with E-state index in [2.05, 4.69) is 15.4 Å². The number of fused-ring (bicyclic) bond motifs is 3. The fraction of sp³-hybridized carbons (Fsp3) is 0.217. The minimum atomic E-state index is -0.272. The van der Waals surface area contributed by atoms with Crippen LogP contribution in [0.2, 0.25) is 0 Å². The Bertz CT molecular complexity index is 1190. The predicted molar refractivity (Wildman–Crippen MR) is 119 cm³/mol. The van der Waals surface area contributed by atoms with Crippen LogP contribution in [0, 0.1) is 0 Å². The first-order valence-corrected chi connectivity index (χ1v) is 10.3. The summed E-state index contributed by atoms with van der Waals surface area (Å²) < 4.78 is 6.84. The van der Waals surface area contributed by atoms with Gasteiger partial charge in [-0.25, -0.2) is 9.48 Å². The van der Waals surface area contributed by atoms with Gasteiger partial charge in [-0.05, 0) is 29.8 Å². The van der Waals surface area contributed by atoms with Crippen LogP contribution in [0.25, 0.3) is 5.69 Å². The molecular formula is C23H22N6O3. The molecule has 162 valence electrons. The van der Waals surface area contributed by atoms with Gasteiger partial charge in [0.15, 0.2) is 5.82 Å². The smallest absolute Gasteiger partial charge is 0.331 e. The lowest BCUT2D eigenvalue weighted by Crippen LogP contribution is -2.53. The molecule has 5 rings (SSSR count).